The molecule has 0 heterocycles. The minimum absolute atomic E-state index is 0.0162. The molecule has 88 valence electrons. The van der Waals surface area contributed by atoms with Gasteiger partial charge in [0.1, 0.15) is 0 Å². The molecule has 1 aromatic rings. The second-order valence-electron chi connectivity index (χ2n) is 4.09. The Morgan fingerprint density at radius 2 is 2.00 bits per heavy atom. The van der Waals surface area contributed by atoms with E-state index in [-0.39, 0.29) is 11.1 Å². The van der Waals surface area contributed by atoms with Gasteiger partial charge in [-0.15, -0.1) is 0 Å². The van der Waals surface area contributed by atoms with E-state index in [0.29, 0.717) is 0 Å². The van der Waals surface area contributed by atoms with Crippen LogP contribution in [0.1, 0.15) is 35.3 Å². The highest BCUT2D eigenvalue weighted by Gasteiger charge is 2.30. The number of ketones is 1. The van der Waals surface area contributed by atoms with Crippen molar-refractivity contribution in [2.24, 2.45) is 5.73 Å². The van der Waals surface area contributed by atoms with Gasteiger partial charge in [-0.2, -0.15) is 0 Å². The van der Waals surface area contributed by atoms with Gasteiger partial charge >= 0.3 is 0 Å². The number of benzene rings is 1. The molecular weight excluding hydrogens is 212 g/mol. The van der Waals surface area contributed by atoms with E-state index in [2.05, 4.69) is 0 Å². The van der Waals surface area contributed by atoms with Crippen molar-refractivity contribution in [2.45, 2.75) is 32.7 Å². The van der Waals surface area contributed by atoms with Crippen LogP contribution in [-0.2, 0) is 5.92 Å². The van der Waals surface area contributed by atoms with Gasteiger partial charge in [-0.3, -0.25) is 4.79 Å². The van der Waals surface area contributed by atoms with E-state index in [1.807, 2.05) is 0 Å². The van der Waals surface area contributed by atoms with Crippen LogP contribution < -0.4 is 5.73 Å². The van der Waals surface area contributed by atoms with Crippen LogP contribution in [0.2, 0.25) is 0 Å². The number of Topliss-reactive ketones (excluding diaryl/α,β-unsaturated/α-hetero) is 1. The number of nitrogens with two attached hydrogens (primary N) is 1. The molecule has 2 N–H and O–H groups in total. The van der Waals surface area contributed by atoms with Crippen LogP contribution >= 0.6 is 0 Å². The van der Waals surface area contributed by atoms with Crippen molar-refractivity contribution in [3.05, 3.63) is 34.9 Å². The van der Waals surface area contributed by atoms with E-state index in [4.69, 9.17) is 5.73 Å². The van der Waals surface area contributed by atoms with Gasteiger partial charge in [-0.25, -0.2) is 8.78 Å². The molecule has 0 saturated heterocycles. The summed E-state index contributed by atoms with van der Waals surface area (Å²) in [6.45, 7) is 4.01. The number of alkyl halides is 2. The van der Waals surface area contributed by atoms with Crippen LogP contribution in [0.25, 0.3) is 0 Å². The first-order valence-corrected chi connectivity index (χ1v) is 5.02. The van der Waals surface area contributed by atoms with Crippen molar-refractivity contribution in [3.63, 3.8) is 0 Å². The van der Waals surface area contributed by atoms with E-state index in [1.165, 1.54) is 19.1 Å². The molecule has 2 nitrogen and oxygen atoms in total. The molecule has 0 aliphatic rings. The SMILES string of the molecule is Cc1ccc(C(C)(F)F)c(C(=O)C(C)N)c1. The summed E-state index contributed by atoms with van der Waals surface area (Å²) >= 11 is 0. The lowest BCUT2D eigenvalue weighted by atomic mass is 9.94. The number of carbonyl (C=O) groups excluding carboxylic acids is 1. The number of halogens is 2. The second kappa shape index (κ2) is 4.29. The highest BCUT2D eigenvalue weighted by Crippen LogP contribution is 2.30. The smallest absolute Gasteiger partial charge is 0.271 e. The van der Waals surface area contributed by atoms with Crippen LogP contribution in [0.4, 0.5) is 8.78 Å². The molecular formula is C12H15F2NO. The average Bonchev–Trinajstić information content (AvgIpc) is 2.14. The quantitative estimate of drug-likeness (QED) is 0.806. The van der Waals surface area contributed by atoms with Crippen molar-refractivity contribution in [1.29, 1.82) is 0 Å². The lowest BCUT2D eigenvalue weighted by Gasteiger charge is -2.16. The minimum Gasteiger partial charge on any atom is -0.321 e. The number of hydrogen-bond donors (Lipinski definition) is 1. The largest absolute Gasteiger partial charge is 0.321 e. The molecule has 1 rings (SSSR count). The van der Waals surface area contributed by atoms with Crippen LogP contribution in [0.5, 0.6) is 0 Å². The maximum Gasteiger partial charge on any atom is 0.271 e. The summed E-state index contributed by atoms with van der Waals surface area (Å²) in [6, 6.07) is 3.52. The van der Waals surface area contributed by atoms with Gasteiger partial charge < -0.3 is 5.73 Å². The zero-order valence-corrected chi connectivity index (χ0v) is 9.55. The predicted molar refractivity (Wildman–Crippen MR) is 58.7 cm³/mol. The van der Waals surface area contributed by atoms with Crippen molar-refractivity contribution in [2.75, 3.05) is 0 Å². The topological polar surface area (TPSA) is 43.1 Å². The third kappa shape index (κ3) is 2.64. The number of carbonyl (C=O) groups is 1. The molecule has 0 amide bonds. The second-order valence-corrected chi connectivity index (χ2v) is 4.09. The van der Waals surface area contributed by atoms with E-state index >= 15 is 0 Å². The predicted octanol–water partition coefficient (Wildman–Crippen LogP) is 2.64. The average molecular weight is 227 g/mol. The first kappa shape index (κ1) is 12.8. The molecule has 0 aliphatic carbocycles. The monoisotopic (exact) mass is 227 g/mol. The van der Waals surface area contributed by atoms with E-state index in [0.717, 1.165) is 12.5 Å². The van der Waals surface area contributed by atoms with Crippen LogP contribution in [-0.4, -0.2) is 11.8 Å². The minimum atomic E-state index is -3.03. The fourth-order valence-corrected chi connectivity index (χ4v) is 1.49. The molecule has 0 aliphatic heterocycles. The fraction of sp³-hybridized carbons (Fsp3) is 0.417. The Bertz CT molecular complexity index is 408. The summed E-state index contributed by atoms with van der Waals surface area (Å²) in [7, 11) is 0. The molecule has 0 bridgehead atoms. The lowest BCUT2D eigenvalue weighted by Crippen LogP contribution is -2.29. The van der Waals surface area contributed by atoms with Gasteiger partial charge in [0, 0.05) is 18.1 Å². The van der Waals surface area contributed by atoms with Gasteiger partial charge in [-0.1, -0.05) is 17.7 Å². The molecule has 4 heteroatoms. The highest BCUT2D eigenvalue weighted by molar-refractivity contribution is 6.01. The Balaban J connectivity index is 3.35. The molecule has 0 saturated carbocycles. The molecule has 16 heavy (non-hydrogen) atoms. The Morgan fingerprint density at radius 3 is 2.44 bits per heavy atom. The first-order valence-electron chi connectivity index (χ1n) is 5.02. The maximum atomic E-state index is 13.3. The van der Waals surface area contributed by atoms with Gasteiger partial charge in [0.15, 0.2) is 5.78 Å². The Labute approximate surface area is 93.5 Å². The van der Waals surface area contributed by atoms with Crippen LogP contribution in [0.3, 0.4) is 0 Å². The fourth-order valence-electron chi connectivity index (χ4n) is 1.49. The lowest BCUT2D eigenvalue weighted by molar-refractivity contribution is 0.0164. The molecule has 1 aromatic carbocycles. The molecule has 0 radical (unpaired) electrons. The third-order valence-electron chi connectivity index (χ3n) is 2.33. The standard InChI is InChI=1S/C12H15F2NO/c1-7-4-5-10(12(3,13)14)9(6-7)11(16)8(2)15/h4-6,8H,15H2,1-3H3. The zero-order chi connectivity index (χ0) is 12.5. The normalized spacial score (nSPS) is 13.6. The van der Waals surface area contributed by atoms with Crippen LogP contribution in [0.15, 0.2) is 18.2 Å². The van der Waals surface area contributed by atoms with Gasteiger partial charge in [0.25, 0.3) is 5.92 Å². The van der Waals surface area contributed by atoms with Crippen LogP contribution in [0, 0.1) is 6.92 Å². The third-order valence-corrected chi connectivity index (χ3v) is 2.33. The summed E-state index contributed by atoms with van der Waals surface area (Å²) in [6.07, 6.45) is 0. The Morgan fingerprint density at radius 1 is 1.44 bits per heavy atom. The molecule has 0 aromatic heterocycles. The summed E-state index contributed by atoms with van der Waals surface area (Å²) in [4.78, 5) is 11.7. The zero-order valence-electron chi connectivity index (χ0n) is 9.55. The first-order chi connectivity index (χ1) is 7.23. The number of hydrogen-bond acceptors (Lipinski definition) is 2. The summed E-state index contributed by atoms with van der Waals surface area (Å²) in [5.41, 5.74) is 5.95. The van der Waals surface area contributed by atoms with Gasteiger partial charge in [0.2, 0.25) is 0 Å². The number of aryl methyl sites for hydroxylation is 1. The Hall–Kier alpha value is -1.29. The molecule has 1 unspecified atom stereocenters. The highest BCUT2D eigenvalue weighted by atomic mass is 19.3. The summed E-state index contributed by atoms with van der Waals surface area (Å²) in [5, 5.41) is 0. The van der Waals surface area contributed by atoms with Gasteiger partial charge in [-0.05, 0) is 19.9 Å². The Kier molecular flexibility index (Phi) is 3.43. The van der Waals surface area contributed by atoms with Crippen molar-refractivity contribution in [1.82, 2.24) is 0 Å². The molecule has 1 atom stereocenters. The maximum absolute atomic E-state index is 13.3. The van der Waals surface area contributed by atoms with E-state index in [9.17, 15) is 13.6 Å². The van der Waals surface area contributed by atoms with E-state index in [1.54, 1.807) is 13.0 Å². The van der Waals surface area contributed by atoms with E-state index < -0.39 is 17.7 Å². The number of rotatable bonds is 3. The summed E-state index contributed by atoms with van der Waals surface area (Å²) < 4.78 is 26.6. The van der Waals surface area contributed by atoms with Crippen molar-refractivity contribution >= 4 is 5.78 Å². The molecule has 0 fully saturated rings. The van der Waals surface area contributed by atoms with Gasteiger partial charge in [0.05, 0.1) is 6.04 Å². The summed E-state index contributed by atoms with van der Waals surface area (Å²) in [5.74, 6) is -3.49. The molecule has 0 spiro atoms. The van der Waals surface area contributed by atoms with Crippen molar-refractivity contribution in [3.8, 4) is 0 Å². The van der Waals surface area contributed by atoms with Crippen molar-refractivity contribution < 1.29 is 13.6 Å².